The third kappa shape index (κ3) is 6.17. The van der Waals surface area contributed by atoms with Crippen LogP contribution < -0.4 is 4.74 Å². The van der Waals surface area contributed by atoms with Crippen LogP contribution in [0, 0.1) is 24.3 Å². The normalized spacial score (nSPS) is 10.8. The Bertz CT molecular complexity index is 1640. The van der Waals surface area contributed by atoms with Crippen LogP contribution in [0.1, 0.15) is 5.56 Å². The van der Waals surface area contributed by atoms with E-state index in [9.17, 15) is 0 Å². The molecule has 2 aromatic heterocycles. The Morgan fingerprint density at radius 3 is 2.13 bits per heavy atom. The van der Waals surface area contributed by atoms with E-state index in [1.54, 1.807) is 0 Å². The van der Waals surface area contributed by atoms with Gasteiger partial charge in [0.15, 0.2) is 0 Å². The minimum atomic E-state index is 0. The fraction of sp³-hybridized carbons (Fsp3) is 0.0303. The van der Waals surface area contributed by atoms with Gasteiger partial charge in [0.2, 0.25) is 0 Å². The summed E-state index contributed by atoms with van der Waals surface area (Å²) in [6.07, 6.45) is 3.72. The molecule has 0 fully saturated rings. The van der Waals surface area contributed by atoms with Gasteiger partial charge in [-0.1, -0.05) is 42.1 Å². The second-order valence-electron chi connectivity index (χ2n) is 8.30. The largest absolute Gasteiger partial charge is 0.516 e. The Hall–Kier alpha value is -3.01. The molecule has 1 aliphatic rings. The van der Waals surface area contributed by atoms with Crippen molar-refractivity contribution in [3.05, 3.63) is 139 Å². The maximum atomic E-state index is 5.76. The zero-order valence-electron chi connectivity index (χ0n) is 20.3. The summed E-state index contributed by atoms with van der Waals surface area (Å²) in [5.74, 6) is 0.690. The summed E-state index contributed by atoms with van der Waals surface area (Å²) >= 11 is 0. The Labute approximate surface area is 261 Å². The SMILES string of the molecule is [Ir].[Y].[c-]1ccccc1-c1[c-]c2c(nc1)-c1[c-]cccc1CO2.[c-]1ccccc1-c1cc2ccccc2cn1. The van der Waals surface area contributed by atoms with Crippen LogP contribution in [0.3, 0.4) is 0 Å². The third-order valence-electron chi connectivity index (χ3n) is 5.95. The van der Waals surface area contributed by atoms with Gasteiger partial charge in [0.05, 0.1) is 12.4 Å². The molecule has 0 saturated heterocycles. The zero-order chi connectivity index (χ0) is 24.2. The van der Waals surface area contributed by atoms with Crippen molar-refractivity contribution in [1.29, 1.82) is 0 Å². The Morgan fingerprint density at radius 1 is 0.658 bits per heavy atom. The fourth-order valence-corrected chi connectivity index (χ4v) is 4.13. The Kier molecular flexibility index (Phi) is 9.71. The molecule has 6 aromatic rings. The van der Waals surface area contributed by atoms with E-state index >= 15 is 0 Å². The number of aromatic nitrogens is 2. The molecule has 3 heterocycles. The van der Waals surface area contributed by atoms with Crippen molar-refractivity contribution in [2.24, 2.45) is 0 Å². The minimum Gasteiger partial charge on any atom is -0.516 e. The number of nitrogens with zero attached hydrogens (tertiary/aromatic N) is 2. The van der Waals surface area contributed by atoms with Gasteiger partial charge < -0.3 is 14.7 Å². The number of rotatable bonds is 2. The standard InChI is InChI=1S/C18H10NO.C15H10N.Ir.Y/c1-2-6-13(7-3-1)15-10-17-18(19-11-15)16-9-5-4-8-14(16)12-20-17;1-2-6-12(7-3-1)15-10-13-8-4-5-9-14(13)11-16-15;;/h1-6,8,11H,12H2;1-6,8-11H;;/q-3;-1;;. The molecule has 0 bridgehead atoms. The molecular weight excluding hydrogens is 721 g/mol. The summed E-state index contributed by atoms with van der Waals surface area (Å²) in [5.41, 5.74) is 6.80. The predicted molar refractivity (Wildman–Crippen MR) is 142 cm³/mol. The quantitative estimate of drug-likeness (QED) is 0.174. The van der Waals surface area contributed by atoms with Crippen molar-refractivity contribution < 1.29 is 57.6 Å². The second-order valence-corrected chi connectivity index (χ2v) is 8.30. The van der Waals surface area contributed by atoms with Crippen LogP contribution in [0.4, 0.5) is 0 Å². The van der Waals surface area contributed by atoms with Crippen molar-refractivity contribution >= 4 is 10.8 Å². The van der Waals surface area contributed by atoms with Crippen LogP contribution in [0.25, 0.3) is 44.4 Å². The van der Waals surface area contributed by atoms with Crippen molar-refractivity contribution in [3.8, 4) is 39.4 Å². The molecule has 3 nitrogen and oxygen atoms in total. The number of benzene rings is 4. The number of pyridine rings is 2. The monoisotopic (exact) mass is 742 g/mol. The Morgan fingerprint density at radius 2 is 1.37 bits per heavy atom. The molecule has 0 spiro atoms. The van der Waals surface area contributed by atoms with Crippen LogP contribution in [-0.4, -0.2) is 9.97 Å². The maximum Gasteiger partial charge on any atom is 0.0781 e. The zero-order valence-corrected chi connectivity index (χ0v) is 25.5. The predicted octanol–water partition coefficient (Wildman–Crippen LogP) is 7.41. The van der Waals surface area contributed by atoms with E-state index in [0.29, 0.717) is 12.4 Å². The summed E-state index contributed by atoms with van der Waals surface area (Å²) in [6, 6.07) is 44.8. The molecule has 38 heavy (non-hydrogen) atoms. The van der Waals surface area contributed by atoms with Gasteiger partial charge in [0.1, 0.15) is 0 Å². The van der Waals surface area contributed by atoms with E-state index in [1.165, 1.54) is 10.8 Å². The molecule has 0 N–H and O–H groups in total. The summed E-state index contributed by atoms with van der Waals surface area (Å²) in [6.45, 7) is 0.541. The van der Waals surface area contributed by atoms with E-state index in [4.69, 9.17) is 4.74 Å². The molecule has 7 rings (SSSR count). The van der Waals surface area contributed by atoms with Crippen molar-refractivity contribution in [2.45, 2.75) is 6.61 Å². The molecule has 0 aliphatic carbocycles. The van der Waals surface area contributed by atoms with Gasteiger partial charge in [0.25, 0.3) is 0 Å². The first kappa shape index (κ1) is 28.0. The van der Waals surface area contributed by atoms with Crippen LogP contribution in [0.15, 0.2) is 109 Å². The van der Waals surface area contributed by atoms with Gasteiger partial charge in [-0.05, 0) is 16.5 Å². The average molecular weight is 742 g/mol. The first-order chi connectivity index (χ1) is 17.8. The summed E-state index contributed by atoms with van der Waals surface area (Å²) in [5, 5.41) is 2.38. The smallest absolute Gasteiger partial charge is 0.0781 e. The molecule has 5 heteroatoms. The third-order valence-corrected chi connectivity index (χ3v) is 5.95. The maximum absolute atomic E-state index is 5.76. The van der Waals surface area contributed by atoms with E-state index in [0.717, 1.165) is 39.2 Å². The molecule has 0 saturated carbocycles. The molecule has 2 radical (unpaired) electrons. The molecule has 4 aromatic carbocycles. The summed E-state index contributed by atoms with van der Waals surface area (Å²) < 4.78 is 5.76. The van der Waals surface area contributed by atoms with E-state index in [2.05, 4.69) is 52.4 Å². The summed E-state index contributed by atoms with van der Waals surface area (Å²) in [7, 11) is 0. The summed E-state index contributed by atoms with van der Waals surface area (Å²) in [4.78, 5) is 8.98. The van der Waals surface area contributed by atoms with Crippen molar-refractivity contribution in [3.63, 3.8) is 0 Å². The minimum absolute atomic E-state index is 0. The second kappa shape index (κ2) is 13.2. The number of ether oxygens (including phenoxy) is 1. The van der Waals surface area contributed by atoms with Crippen LogP contribution in [0.5, 0.6) is 5.75 Å². The molecular formula is C33H20IrN2OY-4. The van der Waals surface area contributed by atoms with Crippen molar-refractivity contribution in [1.82, 2.24) is 9.97 Å². The fourth-order valence-electron chi connectivity index (χ4n) is 4.13. The molecule has 184 valence electrons. The molecule has 0 atom stereocenters. The van der Waals surface area contributed by atoms with Crippen LogP contribution in [0.2, 0.25) is 0 Å². The van der Waals surface area contributed by atoms with E-state index in [1.807, 2.05) is 91.3 Å². The Balaban J connectivity index is 0.000000172. The van der Waals surface area contributed by atoms with Crippen molar-refractivity contribution in [2.75, 3.05) is 0 Å². The van der Waals surface area contributed by atoms with Gasteiger partial charge in [-0.25, -0.2) is 11.1 Å². The van der Waals surface area contributed by atoms with Gasteiger partial charge in [-0.2, -0.15) is 24.3 Å². The first-order valence-corrected chi connectivity index (χ1v) is 11.7. The average Bonchev–Trinajstić information content (AvgIpc) is 2.98. The number of hydrogen-bond donors (Lipinski definition) is 0. The van der Waals surface area contributed by atoms with Gasteiger partial charge in [-0.15, -0.1) is 77.9 Å². The molecule has 0 amide bonds. The van der Waals surface area contributed by atoms with Crippen LogP contribution in [-0.2, 0) is 59.4 Å². The number of fused-ring (bicyclic) bond motifs is 4. The van der Waals surface area contributed by atoms with Gasteiger partial charge >= 0.3 is 0 Å². The molecule has 0 unspecified atom stereocenters. The van der Waals surface area contributed by atoms with Crippen LogP contribution >= 0.6 is 0 Å². The van der Waals surface area contributed by atoms with E-state index < -0.39 is 0 Å². The molecule has 1 aliphatic heterocycles. The topological polar surface area (TPSA) is 35.0 Å². The van der Waals surface area contributed by atoms with Gasteiger partial charge in [-0.3, -0.25) is 0 Å². The van der Waals surface area contributed by atoms with E-state index in [-0.39, 0.29) is 52.8 Å². The number of hydrogen-bond acceptors (Lipinski definition) is 3. The van der Waals surface area contributed by atoms with Gasteiger partial charge in [0, 0.05) is 64.7 Å². The first-order valence-electron chi connectivity index (χ1n) is 11.7.